The van der Waals surface area contributed by atoms with Gasteiger partial charge in [-0.2, -0.15) is 0 Å². The first kappa shape index (κ1) is 16.5. The predicted octanol–water partition coefficient (Wildman–Crippen LogP) is 3.06. The second-order valence-corrected chi connectivity index (χ2v) is 6.37. The van der Waals surface area contributed by atoms with E-state index < -0.39 is 11.9 Å². The van der Waals surface area contributed by atoms with Gasteiger partial charge in [-0.15, -0.1) is 0 Å². The number of unbranched alkanes of at least 4 members (excludes halogenated alkanes) is 1. The molecule has 1 amide bonds. The number of rotatable bonds is 5. The number of hydrogen-bond donors (Lipinski definition) is 1. The van der Waals surface area contributed by atoms with Gasteiger partial charge in [-0.3, -0.25) is 9.59 Å². The first-order valence-electron chi connectivity index (χ1n) is 8.07. The topological polar surface area (TPSA) is 57.6 Å². The van der Waals surface area contributed by atoms with Crippen molar-refractivity contribution in [3.8, 4) is 0 Å². The largest absolute Gasteiger partial charge is 0.481 e. The number of carbonyl (C=O) groups excluding carboxylic acids is 1. The zero-order chi connectivity index (χ0) is 16.3. The van der Waals surface area contributed by atoms with E-state index in [0.29, 0.717) is 13.0 Å². The Morgan fingerprint density at radius 3 is 2.64 bits per heavy atom. The van der Waals surface area contributed by atoms with Gasteiger partial charge in [0.05, 0.1) is 12.5 Å². The van der Waals surface area contributed by atoms with E-state index in [1.807, 2.05) is 43.0 Å². The highest BCUT2D eigenvalue weighted by atomic mass is 16.4. The molecule has 1 heterocycles. The predicted molar refractivity (Wildman–Crippen MR) is 85.8 cm³/mol. The molecule has 0 unspecified atom stereocenters. The lowest BCUT2D eigenvalue weighted by atomic mass is 9.83. The summed E-state index contributed by atoms with van der Waals surface area (Å²) >= 11 is 0. The number of carboxylic acid groups (broad SMARTS) is 1. The summed E-state index contributed by atoms with van der Waals surface area (Å²) in [5, 5.41) is 9.82. The number of aliphatic carboxylic acids is 1. The Morgan fingerprint density at radius 2 is 2.05 bits per heavy atom. The Hall–Kier alpha value is -1.84. The van der Waals surface area contributed by atoms with Crippen LogP contribution in [0.3, 0.4) is 0 Å². The smallest absolute Gasteiger partial charge is 0.313 e. The molecule has 1 aliphatic rings. The fourth-order valence-electron chi connectivity index (χ4n) is 3.42. The molecule has 2 atom stereocenters. The third-order valence-corrected chi connectivity index (χ3v) is 4.46. The molecule has 0 saturated heterocycles. The van der Waals surface area contributed by atoms with Gasteiger partial charge in [0.25, 0.3) is 0 Å². The molecule has 120 valence electrons. The third kappa shape index (κ3) is 3.16. The Labute approximate surface area is 132 Å². The maximum atomic E-state index is 12.7. The standard InChI is InChI=1S/C18H25NO3/c1-4-5-10-19-15(20)11-13-8-6-7-9-14(13)16(18(21)22)17(19)12(2)3/h6-9,12,16-17H,4-5,10-11H2,1-3H3,(H,21,22)/t16-,17+/m0/s1. The molecule has 1 aliphatic heterocycles. The molecule has 1 aromatic carbocycles. The van der Waals surface area contributed by atoms with Gasteiger partial charge < -0.3 is 10.0 Å². The van der Waals surface area contributed by atoms with Gasteiger partial charge in [0, 0.05) is 6.54 Å². The fraction of sp³-hybridized carbons (Fsp3) is 0.556. The van der Waals surface area contributed by atoms with E-state index in [0.717, 1.165) is 24.0 Å². The number of benzene rings is 1. The van der Waals surface area contributed by atoms with Crippen molar-refractivity contribution >= 4 is 11.9 Å². The lowest BCUT2D eigenvalue weighted by Gasteiger charge is -2.36. The minimum atomic E-state index is -0.845. The summed E-state index contributed by atoms with van der Waals surface area (Å²) in [6.07, 6.45) is 2.18. The second-order valence-electron chi connectivity index (χ2n) is 6.37. The summed E-state index contributed by atoms with van der Waals surface area (Å²) in [7, 11) is 0. The first-order chi connectivity index (χ1) is 10.5. The van der Waals surface area contributed by atoms with Crippen LogP contribution in [-0.4, -0.2) is 34.5 Å². The highest BCUT2D eigenvalue weighted by Gasteiger charge is 2.41. The minimum Gasteiger partial charge on any atom is -0.481 e. The summed E-state index contributed by atoms with van der Waals surface area (Å²) in [5.74, 6) is -1.36. The number of hydrogen-bond acceptors (Lipinski definition) is 2. The van der Waals surface area contributed by atoms with Crippen molar-refractivity contribution < 1.29 is 14.7 Å². The van der Waals surface area contributed by atoms with Crippen LogP contribution in [0.1, 0.15) is 50.7 Å². The van der Waals surface area contributed by atoms with Crippen LogP contribution < -0.4 is 0 Å². The Morgan fingerprint density at radius 1 is 1.36 bits per heavy atom. The van der Waals surface area contributed by atoms with Crippen LogP contribution in [0.2, 0.25) is 0 Å². The second kappa shape index (κ2) is 6.95. The average molecular weight is 303 g/mol. The van der Waals surface area contributed by atoms with Crippen LogP contribution in [0, 0.1) is 5.92 Å². The molecule has 0 aliphatic carbocycles. The molecule has 0 bridgehead atoms. The molecule has 0 radical (unpaired) electrons. The third-order valence-electron chi connectivity index (χ3n) is 4.46. The average Bonchev–Trinajstić information content (AvgIpc) is 2.59. The van der Waals surface area contributed by atoms with E-state index in [4.69, 9.17) is 0 Å². The van der Waals surface area contributed by atoms with E-state index in [2.05, 4.69) is 6.92 Å². The van der Waals surface area contributed by atoms with E-state index in [9.17, 15) is 14.7 Å². The van der Waals surface area contributed by atoms with E-state index >= 15 is 0 Å². The van der Waals surface area contributed by atoms with Crippen molar-refractivity contribution in [2.45, 2.75) is 52.0 Å². The first-order valence-corrected chi connectivity index (χ1v) is 8.07. The van der Waals surface area contributed by atoms with Crippen molar-refractivity contribution in [2.75, 3.05) is 6.54 Å². The molecule has 4 nitrogen and oxygen atoms in total. The van der Waals surface area contributed by atoms with Gasteiger partial charge in [-0.05, 0) is 23.5 Å². The van der Waals surface area contributed by atoms with E-state index in [1.165, 1.54) is 0 Å². The molecule has 2 rings (SSSR count). The summed E-state index contributed by atoms with van der Waals surface area (Å²) < 4.78 is 0. The lowest BCUT2D eigenvalue weighted by molar-refractivity contribution is -0.143. The highest BCUT2D eigenvalue weighted by Crippen LogP contribution is 2.35. The van der Waals surface area contributed by atoms with Gasteiger partial charge in [0.1, 0.15) is 5.92 Å². The Kier molecular flexibility index (Phi) is 5.22. The molecule has 0 saturated carbocycles. The number of amides is 1. The van der Waals surface area contributed by atoms with Gasteiger partial charge in [0.15, 0.2) is 0 Å². The zero-order valence-electron chi connectivity index (χ0n) is 13.6. The van der Waals surface area contributed by atoms with Crippen LogP contribution in [0.4, 0.5) is 0 Å². The van der Waals surface area contributed by atoms with Crippen LogP contribution in [0.5, 0.6) is 0 Å². The molecule has 1 aromatic rings. The number of fused-ring (bicyclic) bond motifs is 1. The molecule has 4 heteroatoms. The van der Waals surface area contributed by atoms with E-state index in [-0.39, 0.29) is 17.9 Å². The van der Waals surface area contributed by atoms with Gasteiger partial charge in [0.2, 0.25) is 5.91 Å². The molecule has 0 spiro atoms. The normalized spacial score (nSPS) is 21.6. The number of nitrogens with zero attached hydrogens (tertiary/aromatic N) is 1. The Bertz CT molecular complexity index is 553. The molecule has 0 fully saturated rings. The lowest BCUT2D eigenvalue weighted by Crippen LogP contribution is -2.48. The molecule has 1 N–H and O–H groups in total. The quantitative estimate of drug-likeness (QED) is 0.909. The number of carboxylic acids is 1. The van der Waals surface area contributed by atoms with Gasteiger partial charge in [-0.1, -0.05) is 51.5 Å². The summed E-state index contributed by atoms with van der Waals surface area (Å²) in [5.41, 5.74) is 1.64. The maximum Gasteiger partial charge on any atom is 0.313 e. The van der Waals surface area contributed by atoms with Crippen molar-refractivity contribution in [2.24, 2.45) is 5.92 Å². The van der Waals surface area contributed by atoms with Crippen molar-refractivity contribution in [3.63, 3.8) is 0 Å². The highest BCUT2D eigenvalue weighted by molar-refractivity contribution is 5.85. The molecular weight excluding hydrogens is 278 g/mol. The van der Waals surface area contributed by atoms with Gasteiger partial charge in [-0.25, -0.2) is 0 Å². The Balaban J connectivity index is 2.53. The van der Waals surface area contributed by atoms with Crippen LogP contribution in [-0.2, 0) is 16.0 Å². The fourth-order valence-corrected chi connectivity index (χ4v) is 3.42. The van der Waals surface area contributed by atoms with Crippen molar-refractivity contribution in [1.29, 1.82) is 0 Å². The maximum absolute atomic E-state index is 12.7. The summed E-state index contributed by atoms with van der Waals surface area (Å²) in [6.45, 7) is 6.72. The monoisotopic (exact) mass is 303 g/mol. The SMILES string of the molecule is CCCCN1C(=O)Cc2ccccc2[C@H](C(=O)O)[C@H]1C(C)C. The molecule has 22 heavy (non-hydrogen) atoms. The van der Waals surface area contributed by atoms with E-state index in [1.54, 1.807) is 0 Å². The molecular formula is C18H25NO3. The summed E-state index contributed by atoms with van der Waals surface area (Å²) in [6, 6.07) is 7.18. The van der Waals surface area contributed by atoms with Crippen molar-refractivity contribution in [1.82, 2.24) is 4.90 Å². The van der Waals surface area contributed by atoms with Crippen molar-refractivity contribution in [3.05, 3.63) is 35.4 Å². The summed E-state index contributed by atoms with van der Waals surface area (Å²) in [4.78, 5) is 26.5. The zero-order valence-corrected chi connectivity index (χ0v) is 13.6. The van der Waals surface area contributed by atoms with Crippen LogP contribution in [0.15, 0.2) is 24.3 Å². The van der Waals surface area contributed by atoms with Gasteiger partial charge >= 0.3 is 5.97 Å². The minimum absolute atomic E-state index is 0.0448. The molecule has 0 aromatic heterocycles. The van der Waals surface area contributed by atoms with Crippen LogP contribution >= 0.6 is 0 Å². The number of carbonyl (C=O) groups is 2. The van der Waals surface area contributed by atoms with Crippen LogP contribution in [0.25, 0.3) is 0 Å².